The average molecular weight is 464 g/mol. The summed E-state index contributed by atoms with van der Waals surface area (Å²) >= 11 is 0. The summed E-state index contributed by atoms with van der Waals surface area (Å²) in [7, 11) is 0. The van der Waals surface area contributed by atoms with Gasteiger partial charge in [0.1, 0.15) is 0 Å². The fourth-order valence-electron chi connectivity index (χ4n) is 1.56. The predicted molar refractivity (Wildman–Crippen MR) is 50.6 cm³/mol. The van der Waals surface area contributed by atoms with Gasteiger partial charge in [-0.05, 0) is 6.08 Å². The molecule has 0 heterocycles. The molecule has 168 valence electrons. The van der Waals surface area contributed by atoms with E-state index >= 15 is 0 Å². The largest absolute Gasteiger partial charge is 0.460 e. The highest BCUT2D eigenvalue weighted by Gasteiger charge is 2.88. The van der Waals surface area contributed by atoms with E-state index in [1.807, 2.05) is 0 Å². The summed E-state index contributed by atoms with van der Waals surface area (Å²) in [5.41, 5.74) is -7.61. The van der Waals surface area contributed by atoms with Crippen molar-refractivity contribution in [3.63, 3.8) is 0 Å². The Hall–Kier alpha value is -1.52. The zero-order chi connectivity index (χ0) is 23.4. The van der Waals surface area contributed by atoms with E-state index in [1.165, 1.54) is 0 Å². The van der Waals surface area contributed by atoms with Crippen LogP contribution in [-0.4, -0.2) is 42.5 Å². The molecule has 0 amide bonds. The number of allylic oxidation sites excluding steroid dienone is 2. The van der Waals surface area contributed by atoms with Crippen molar-refractivity contribution in [2.75, 3.05) is 0 Å². The standard InChI is InChI=1S/C10H2F18/c11-4(12,6(15,16)10(26,27)28)2-1-3(7(17,18)19,8(20,21)22)5(13,14)9(23,24)25/h1-2H. The van der Waals surface area contributed by atoms with Gasteiger partial charge in [-0.15, -0.1) is 0 Å². The number of rotatable bonds is 4. The zero-order valence-corrected chi connectivity index (χ0v) is 12.0. The van der Waals surface area contributed by atoms with Crippen molar-refractivity contribution in [2.24, 2.45) is 5.41 Å². The summed E-state index contributed by atoms with van der Waals surface area (Å²) in [6, 6.07) is 0. The van der Waals surface area contributed by atoms with Crippen LogP contribution in [0.2, 0.25) is 0 Å². The molecule has 0 saturated carbocycles. The molecular formula is C10H2F18. The van der Waals surface area contributed by atoms with Gasteiger partial charge in [-0.2, -0.15) is 79.0 Å². The van der Waals surface area contributed by atoms with E-state index < -0.39 is 60.0 Å². The maximum absolute atomic E-state index is 13.1. The SMILES string of the molecule is FC(F)(F)C(F)(F)C(F)(F)C=CC(C(F)(F)F)(C(F)(F)F)C(F)(F)C(F)(F)F. The van der Waals surface area contributed by atoms with Gasteiger partial charge < -0.3 is 0 Å². The summed E-state index contributed by atoms with van der Waals surface area (Å²) in [6.45, 7) is 0. The quantitative estimate of drug-likeness (QED) is 0.322. The summed E-state index contributed by atoms with van der Waals surface area (Å²) in [5, 5.41) is 0. The Morgan fingerprint density at radius 3 is 0.821 bits per heavy atom. The Labute approximate surface area is 140 Å². The lowest BCUT2D eigenvalue weighted by Crippen LogP contribution is -2.65. The minimum atomic E-state index is -8.00. The van der Waals surface area contributed by atoms with E-state index in [-0.39, 0.29) is 0 Å². The molecule has 0 aliphatic carbocycles. The second kappa shape index (κ2) is 6.50. The van der Waals surface area contributed by atoms with Gasteiger partial charge in [0, 0.05) is 0 Å². The van der Waals surface area contributed by atoms with Crippen molar-refractivity contribution in [3.8, 4) is 0 Å². The molecule has 0 saturated heterocycles. The molecule has 0 rings (SSSR count). The van der Waals surface area contributed by atoms with Crippen LogP contribution in [0.3, 0.4) is 0 Å². The molecular weight excluding hydrogens is 462 g/mol. The minimum Gasteiger partial charge on any atom is -0.195 e. The van der Waals surface area contributed by atoms with Gasteiger partial charge >= 0.3 is 42.5 Å². The van der Waals surface area contributed by atoms with Gasteiger partial charge in [-0.3, -0.25) is 0 Å². The molecule has 0 fully saturated rings. The van der Waals surface area contributed by atoms with Crippen molar-refractivity contribution in [3.05, 3.63) is 12.2 Å². The molecule has 0 N–H and O–H groups in total. The Balaban J connectivity index is 7.03. The minimum absolute atomic E-state index is 2.65. The molecule has 0 bridgehead atoms. The van der Waals surface area contributed by atoms with E-state index in [4.69, 9.17) is 0 Å². The molecule has 28 heavy (non-hydrogen) atoms. The fourth-order valence-corrected chi connectivity index (χ4v) is 1.56. The lowest BCUT2D eigenvalue weighted by atomic mass is 9.77. The Bertz CT molecular complexity index is 563. The first kappa shape index (κ1) is 26.5. The molecule has 0 spiro atoms. The zero-order valence-electron chi connectivity index (χ0n) is 12.0. The maximum atomic E-state index is 13.1. The molecule has 0 aliphatic heterocycles. The molecule has 18 heteroatoms. The van der Waals surface area contributed by atoms with E-state index in [9.17, 15) is 79.0 Å². The van der Waals surface area contributed by atoms with Gasteiger partial charge in [0.05, 0.1) is 0 Å². The van der Waals surface area contributed by atoms with E-state index in [0.29, 0.717) is 0 Å². The normalized spacial score (nSPS) is 16.8. The summed E-state index contributed by atoms with van der Waals surface area (Å²) in [4.78, 5) is 0. The summed E-state index contributed by atoms with van der Waals surface area (Å²) in [6.07, 6.45) is -36.2. The van der Waals surface area contributed by atoms with Crippen LogP contribution < -0.4 is 0 Å². The van der Waals surface area contributed by atoms with Crippen LogP contribution >= 0.6 is 0 Å². The van der Waals surface area contributed by atoms with Gasteiger partial charge in [0.2, 0.25) is 0 Å². The first-order valence-corrected chi connectivity index (χ1v) is 5.81. The van der Waals surface area contributed by atoms with Crippen LogP contribution in [0.1, 0.15) is 0 Å². The Morgan fingerprint density at radius 2 is 0.607 bits per heavy atom. The highest BCUT2D eigenvalue weighted by atomic mass is 19.4. The molecule has 0 aromatic heterocycles. The monoisotopic (exact) mass is 464 g/mol. The third-order valence-electron chi connectivity index (χ3n) is 3.06. The highest BCUT2D eigenvalue weighted by Crippen LogP contribution is 2.64. The predicted octanol–water partition coefficient (Wildman–Crippen LogP) is 6.68. The van der Waals surface area contributed by atoms with Crippen molar-refractivity contribution >= 4 is 0 Å². The average Bonchev–Trinajstić information content (AvgIpc) is 2.31. The van der Waals surface area contributed by atoms with Crippen LogP contribution in [0.25, 0.3) is 0 Å². The number of halogens is 18. The van der Waals surface area contributed by atoms with Gasteiger partial charge in [-0.1, -0.05) is 6.08 Å². The van der Waals surface area contributed by atoms with E-state index in [0.717, 1.165) is 0 Å². The van der Waals surface area contributed by atoms with Gasteiger partial charge in [0.15, 0.2) is 0 Å². The molecule has 0 aromatic rings. The summed E-state index contributed by atoms with van der Waals surface area (Å²) in [5.74, 6) is -22.5. The lowest BCUT2D eigenvalue weighted by molar-refractivity contribution is -0.431. The lowest BCUT2D eigenvalue weighted by Gasteiger charge is -2.41. The van der Waals surface area contributed by atoms with Crippen LogP contribution in [0.15, 0.2) is 12.2 Å². The number of hydrogen-bond acceptors (Lipinski definition) is 0. The van der Waals surface area contributed by atoms with Crippen molar-refractivity contribution in [2.45, 2.75) is 42.5 Å². The van der Waals surface area contributed by atoms with Crippen molar-refractivity contribution < 1.29 is 79.0 Å². The van der Waals surface area contributed by atoms with Crippen LogP contribution in [0, 0.1) is 5.41 Å². The molecule has 0 radical (unpaired) electrons. The molecule has 0 aromatic carbocycles. The van der Waals surface area contributed by atoms with Gasteiger partial charge in [-0.25, -0.2) is 0 Å². The second-order valence-corrected chi connectivity index (χ2v) is 4.90. The first-order chi connectivity index (χ1) is 11.7. The van der Waals surface area contributed by atoms with Gasteiger partial charge in [0.25, 0.3) is 5.41 Å². The van der Waals surface area contributed by atoms with Crippen LogP contribution in [0.5, 0.6) is 0 Å². The molecule has 0 nitrogen and oxygen atoms in total. The second-order valence-electron chi connectivity index (χ2n) is 4.90. The summed E-state index contributed by atoms with van der Waals surface area (Å²) < 4.78 is 224. The van der Waals surface area contributed by atoms with Crippen molar-refractivity contribution in [1.82, 2.24) is 0 Å². The Morgan fingerprint density at radius 1 is 0.321 bits per heavy atom. The topological polar surface area (TPSA) is 0 Å². The smallest absolute Gasteiger partial charge is 0.195 e. The number of alkyl halides is 18. The third kappa shape index (κ3) is 3.81. The highest BCUT2D eigenvalue weighted by molar-refractivity contribution is 5.21. The number of hydrogen-bond donors (Lipinski definition) is 0. The fraction of sp³-hybridized carbons (Fsp3) is 0.800. The Kier molecular flexibility index (Phi) is 6.14. The van der Waals surface area contributed by atoms with E-state index in [1.54, 1.807) is 0 Å². The molecule has 0 atom stereocenters. The van der Waals surface area contributed by atoms with Crippen LogP contribution in [0.4, 0.5) is 79.0 Å². The third-order valence-corrected chi connectivity index (χ3v) is 3.06. The van der Waals surface area contributed by atoms with E-state index in [2.05, 4.69) is 0 Å². The van der Waals surface area contributed by atoms with Crippen LogP contribution in [-0.2, 0) is 0 Å². The maximum Gasteiger partial charge on any atom is 0.460 e. The molecule has 0 unspecified atom stereocenters. The first-order valence-electron chi connectivity index (χ1n) is 5.81. The van der Waals surface area contributed by atoms with Crippen molar-refractivity contribution in [1.29, 1.82) is 0 Å². The molecule has 0 aliphatic rings.